The first-order valence-corrected chi connectivity index (χ1v) is 10.2. The Kier molecular flexibility index (Phi) is 5.53. The smallest absolute Gasteiger partial charge is 0.255 e. The molecule has 0 unspecified atom stereocenters. The van der Waals surface area contributed by atoms with E-state index < -0.39 is 0 Å². The van der Waals surface area contributed by atoms with Crippen LogP contribution < -0.4 is 15.1 Å². The van der Waals surface area contributed by atoms with Gasteiger partial charge in [-0.15, -0.1) is 0 Å². The predicted octanol–water partition coefficient (Wildman–Crippen LogP) is 4.24. The van der Waals surface area contributed by atoms with Crippen LogP contribution >= 0.6 is 11.6 Å². The predicted molar refractivity (Wildman–Crippen MR) is 114 cm³/mol. The molecule has 2 aliphatic heterocycles. The van der Waals surface area contributed by atoms with E-state index in [1.54, 1.807) is 52.3 Å². The Morgan fingerprint density at radius 1 is 0.862 bits per heavy atom. The van der Waals surface area contributed by atoms with Gasteiger partial charge in [0.15, 0.2) is 0 Å². The van der Waals surface area contributed by atoms with Crippen molar-refractivity contribution in [1.29, 1.82) is 0 Å². The molecule has 0 radical (unpaired) electrons. The number of piperidine rings is 1. The minimum Gasteiger partial charge on any atom is -0.322 e. The van der Waals surface area contributed by atoms with Crippen molar-refractivity contribution >= 4 is 46.4 Å². The third-order valence-corrected chi connectivity index (χ3v) is 5.64. The van der Waals surface area contributed by atoms with Gasteiger partial charge in [0.05, 0.1) is 10.7 Å². The molecule has 3 amide bonds. The molecule has 0 saturated carbocycles. The van der Waals surface area contributed by atoms with E-state index in [-0.39, 0.29) is 17.7 Å². The number of carbonyl (C=O) groups excluding carboxylic acids is 3. The van der Waals surface area contributed by atoms with E-state index in [1.165, 1.54) is 0 Å². The molecule has 29 heavy (non-hydrogen) atoms. The van der Waals surface area contributed by atoms with Crippen molar-refractivity contribution < 1.29 is 14.4 Å². The van der Waals surface area contributed by atoms with Gasteiger partial charge >= 0.3 is 0 Å². The van der Waals surface area contributed by atoms with Gasteiger partial charge in [-0.3, -0.25) is 14.4 Å². The SMILES string of the molecule is O=C(Nc1ccc(N2CCCC2=O)c(Cl)c1)c1ccc(N2CCCCC2=O)cc1. The zero-order chi connectivity index (χ0) is 20.4. The molecular formula is C22H22ClN3O3. The maximum Gasteiger partial charge on any atom is 0.255 e. The quantitative estimate of drug-likeness (QED) is 0.818. The summed E-state index contributed by atoms with van der Waals surface area (Å²) < 4.78 is 0. The van der Waals surface area contributed by atoms with Crippen LogP contribution in [0.3, 0.4) is 0 Å². The number of carbonyl (C=O) groups is 3. The van der Waals surface area contributed by atoms with Crippen LogP contribution in [-0.4, -0.2) is 30.8 Å². The first-order valence-electron chi connectivity index (χ1n) is 9.84. The third-order valence-electron chi connectivity index (χ3n) is 5.33. The highest BCUT2D eigenvalue weighted by atomic mass is 35.5. The monoisotopic (exact) mass is 411 g/mol. The normalized spacial score (nSPS) is 17.0. The lowest BCUT2D eigenvalue weighted by Gasteiger charge is -2.26. The average molecular weight is 412 g/mol. The molecule has 2 aliphatic rings. The second-order valence-electron chi connectivity index (χ2n) is 7.32. The Hall–Kier alpha value is -2.86. The molecule has 2 heterocycles. The van der Waals surface area contributed by atoms with Gasteiger partial charge in [-0.1, -0.05) is 11.6 Å². The van der Waals surface area contributed by atoms with E-state index in [4.69, 9.17) is 11.6 Å². The number of nitrogens with zero attached hydrogens (tertiary/aromatic N) is 2. The van der Waals surface area contributed by atoms with E-state index in [0.29, 0.717) is 41.3 Å². The molecule has 0 atom stereocenters. The zero-order valence-corrected chi connectivity index (χ0v) is 16.7. The lowest BCUT2D eigenvalue weighted by atomic mass is 10.1. The lowest BCUT2D eigenvalue weighted by molar-refractivity contribution is -0.119. The number of nitrogens with one attached hydrogen (secondary N) is 1. The highest BCUT2D eigenvalue weighted by Crippen LogP contribution is 2.32. The Morgan fingerprint density at radius 3 is 2.21 bits per heavy atom. The van der Waals surface area contributed by atoms with Crippen LogP contribution in [0.2, 0.25) is 5.02 Å². The van der Waals surface area contributed by atoms with Crippen LogP contribution in [0.1, 0.15) is 42.5 Å². The molecule has 150 valence electrons. The summed E-state index contributed by atoms with van der Waals surface area (Å²) in [4.78, 5) is 40.0. The van der Waals surface area contributed by atoms with E-state index in [0.717, 1.165) is 31.5 Å². The molecule has 2 saturated heterocycles. The maximum absolute atomic E-state index is 12.6. The molecule has 7 heteroatoms. The summed E-state index contributed by atoms with van der Waals surface area (Å²) in [7, 11) is 0. The van der Waals surface area contributed by atoms with Crippen molar-refractivity contribution in [3.05, 3.63) is 53.1 Å². The number of amides is 3. The number of anilines is 3. The fourth-order valence-corrected chi connectivity index (χ4v) is 4.06. The molecule has 0 aromatic heterocycles. The summed E-state index contributed by atoms with van der Waals surface area (Å²) >= 11 is 6.34. The first-order chi connectivity index (χ1) is 14.0. The van der Waals surface area contributed by atoms with Crippen LogP contribution in [0.5, 0.6) is 0 Å². The van der Waals surface area contributed by atoms with Gasteiger partial charge in [-0.05, 0) is 61.7 Å². The number of halogens is 1. The van der Waals surface area contributed by atoms with Crippen molar-refractivity contribution in [2.24, 2.45) is 0 Å². The fourth-order valence-electron chi connectivity index (χ4n) is 3.78. The molecule has 4 rings (SSSR count). The zero-order valence-electron chi connectivity index (χ0n) is 16.0. The number of benzene rings is 2. The van der Waals surface area contributed by atoms with Gasteiger partial charge in [0.2, 0.25) is 11.8 Å². The Morgan fingerprint density at radius 2 is 1.55 bits per heavy atom. The van der Waals surface area contributed by atoms with E-state index >= 15 is 0 Å². The molecule has 6 nitrogen and oxygen atoms in total. The summed E-state index contributed by atoms with van der Waals surface area (Å²) in [5.41, 5.74) is 2.54. The summed E-state index contributed by atoms with van der Waals surface area (Å²) in [6.45, 7) is 1.38. The largest absolute Gasteiger partial charge is 0.322 e. The number of hydrogen-bond acceptors (Lipinski definition) is 3. The van der Waals surface area contributed by atoms with E-state index in [1.807, 2.05) is 0 Å². The Labute approximate surface area is 174 Å². The van der Waals surface area contributed by atoms with E-state index in [2.05, 4.69) is 5.32 Å². The Balaban J connectivity index is 1.44. The summed E-state index contributed by atoms with van der Waals surface area (Å²) in [6, 6.07) is 12.2. The van der Waals surface area contributed by atoms with Crippen molar-refractivity contribution in [2.45, 2.75) is 32.1 Å². The summed E-state index contributed by atoms with van der Waals surface area (Å²) in [5, 5.41) is 3.26. The van der Waals surface area contributed by atoms with Crippen molar-refractivity contribution in [3.8, 4) is 0 Å². The topological polar surface area (TPSA) is 69.7 Å². The van der Waals surface area contributed by atoms with Crippen molar-refractivity contribution in [2.75, 3.05) is 28.2 Å². The lowest BCUT2D eigenvalue weighted by Crippen LogP contribution is -2.35. The van der Waals surface area contributed by atoms with Gasteiger partial charge < -0.3 is 15.1 Å². The number of rotatable bonds is 4. The fraction of sp³-hybridized carbons (Fsp3) is 0.318. The average Bonchev–Trinajstić information content (AvgIpc) is 3.14. The van der Waals surface area contributed by atoms with Gasteiger partial charge in [0, 0.05) is 42.9 Å². The summed E-state index contributed by atoms with van der Waals surface area (Å²) in [6.07, 6.45) is 3.86. The standard InChI is InChI=1S/C22H22ClN3O3/c23-18-14-16(8-11-19(18)26-13-3-5-21(26)28)24-22(29)15-6-9-17(10-7-15)25-12-2-1-4-20(25)27/h6-11,14H,1-5,12-13H2,(H,24,29). The van der Waals surface area contributed by atoms with Gasteiger partial charge in [-0.2, -0.15) is 0 Å². The molecule has 0 spiro atoms. The van der Waals surface area contributed by atoms with Crippen molar-refractivity contribution in [3.63, 3.8) is 0 Å². The second-order valence-corrected chi connectivity index (χ2v) is 7.73. The first kappa shape index (κ1) is 19.5. The van der Waals surface area contributed by atoms with Crippen LogP contribution in [0.15, 0.2) is 42.5 Å². The Bertz CT molecular complexity index is 958. The molecular weight excluding hydrogens is 390 g/mol. The molecule has 2 aromatic rings. The molecule has 0 bridgehead atoms. The van der Waals surface area contributed by atoms with Gasteiger partial charge in [0.25, 0.3) is 5.91 Å². The second kappa shape index (κ2) is 8.25. The highest BCUT2D eigenvalue weighted by Gasteiger charge is 2.24. The minimum atomic E-state index is -0.261. The van der Waals surface area contributed by atoms with Crippen LogP contribution in [0.25, 0.3) is 0 Å². The van der Waals surface area contributed by atoms with Crippen LogP contribution in [0, 0.1) is 0 Å². The minimum absolute atomic E-state index is 0.0657. The van der Waals surface area contributed by atoms with Crippen LogP contribution in [-0.2, 0) is 9.59 Å². The third kappa shape index (κ3) is 4.12. The number of hydrogen-bond donors (Lipinski definition) is 1. The molecule has 1 N–H and O–H groups in total. The molecule has 2 aromatic carbocycles. The van der Waals surface area contributed by atoms with Gasteiger partial charge in [0.1, 0.15) is 0 Å². The van der Waals surface area contributed by atoms with Gasteiger partial charge in [-0.25, -0.2) is 0 Å². The summed E-state index contributed by atoms with van der Waals surface area (Å²) in [5.74, 6) is -0.0711. The van der Waals surface area contributed by atoms with Crippen LogP contribution in [0.4, 0.5) is 17.1 Å². The maximum atomic E-state index is 12.6. The van der Waals surface area contributed by atoms with E-state index in [9.17, 15) is 14.4 Å². The molecule has 0 aliphatic carbocycles. The van der Waals surface area contributed by atoms with Crippen molar-refractivity contribution in [1.82, 2.24) is 0 Å². The highest BCUT2D eigenvalue weighted by molar-refractivity contribution is 6.34. The molecule has 2 fully saturated rings.